The number of anilines is 3. The van der Waals surface area contributed by atoms with Gasteiger partial charge in [-0.1, -0.05) is 29.0 Å². The first-order chi connectivity index (χ1) is 20.0. The van der Waals surface area contributed by atoms with Crippen molar-refractivity contribution in [1.82, 2.24) is 24.3 Å². The number of piperazine rings is 1. The highest BCUT2D eigenvalue weighted by atomic mass is 35.5. The summed E-state index contributed by atoms with van der Waals surface area (Å²) in [5.74, 6) is 0.980. The molecule has 2 aromatic carbocycles. The van der Waals surface area contributed by atoms with E-state index in [0.717, 1.165) is 48.0 Å². The summed E-state index contributed by atoms with van der Waals surface area (Å²) in [7, 11) is 1.56. The number of aromatic nitrogens is 4. The van der Waals surface area contributed by atoms with Gasteiger partial charge in [0.25, 0.3) is 5.56 Å². The van der Waals surface area contributed by atoms with Gasteiger partial charge in [-0.25, -0.2) is 15.0 Å². The van der Waals surface area contributed by atoms with Gasteiger partial charge in [-0.3, -0.25) is 14.1 Å². The summed E-state index contributed by atoms with van der Waals surface area (Å²) in [4.78, 5) is 32.6. The van der Waals surface area contributed by atoms with Crippen LogP contribution in [0, 0.1) is 0 Å². The van der Waals surface area contributed by atoms with Crippen LogP contribution in [-0.2, 0) is 0 Å². The third-order valence-electron chi connectivity index (χ3n) is 7.02. The highest BCUT2D eigenvalue weighted by Crippen LogP contribution is 2.40. The molecule has 0 saturated carbocycles. The second-order valence-electron chi connectivity index (χ2n) is 9.52. The molecule has 0 radical (unpaired) electrons. The molecular formula is C29H28ClN7O3S. The second kappa shape index (κ2) is 11.8. The van der Waals surface area contributed by atoms with Gasteiger partial charge in [-0.15, -0.1) is 0 Å². The molecule has 0 aliphatic carbocycles. The molecule has 10 nitrogen and oxygen atoms in total. The molecule has 0 atom stereocenters. The summed E-state index contributed by atoms with van der Waals surface area (Å²) in [6.45, 7) is 4.51. The zero-order chi connectivity index (χ0) is 28.3. The fraction of sp³-hybridized carbons (Fsp3) is 0.241. The number of β-amino-alcohol motifs (C(OH)–C–C–N with tert-alkyl or cyclic N) is 1. The van der Waals surface area contributed by atoms with E-state index in [1.165, 1.54) is 23.6 Å². The number of nitrogens with zero attached hydrogens (tertiary/aromatic N) is 6. The summed E-state index contributed by atoms with van der Waals surface area (Å²) >= 11 is 7.84. The molecule has 4 heterocycles. The predicted molar refractivity (Wildman–Crippen MR) is 163 cm³/mol. The number of ether oxygens (including phenoxy) is 1. The van der Waals surface area contributed by atoms with Gasteiger partial charge in [-0.05, 0) is 42.5 Å². The zero-order valence-electron chi connectivity index (χ0n) is 22.3. The normalized spacial score (nSPS) is 14.0. The molecule has 6 rings (SSSR count). The summed E-state index contributed by atoms with van der Waals surface area (Å²) in [5.41, 5.74) is 3.83. The number of halogens is 1. The van der Waals surface area contributed by atoms with Crippen LogP contribution in [0.1, 0.15) is 0 Å². The second-order valence-corrected chi connectivity index (χ2v) is 10.9. The van der Waals surface area contributed by atoms with E-state index in [4.69, 9.17) is 21.3 Å². The first-order valence-corrected chi connectivity index (χ1v) is 14.4. The third-order valence-corrected chi connectivity index (χ3v) is 8.39. The van der Waals surface area contributed by atoms with E-state index in [0.29, 0.717) is 39.6 Å². The van der Waals surface area contributed by atoms with Crippen LogP contribution < -0.4 is 20.5 Å². The molecule has 3 aromatic heterocycles. The topological polar surface area (TPSA) is 108 Å². The van der Waals surface area contributed by atoms with E-state index >= 15 is 0 Å². The maximum atomic E-state index is 13.0. The van der Waals surface area contributed by atoms with Gasteiger partial charge < -0.3 is 20.1 Å². The van der Waals surface area contributed by atoms with E-state index in [1.807, 2.05) is 24.3 Å². The Morgan fingerprint density at radius 1 is 1.05 bits per heavy atom. The lowest BCUT2D eigenvalue weighted by Crippen LogP contribution is -2.47. The Labute approximate surface area is 245 Å². The average molecular weight is 590 g/mol. The lowest BCUT2D eigenvalue weighted by molar-refractivity contribution is 0.189. The Bertz CT molecular complexity index is 1750. The standard InChI is InChI=1S/C29H28ClN7O3S/c1-40-24-6-5-19(17-22(24)30)26-27(41-29-32-10-8-25(39)37(26)29)23-7-9-31-28(34-23)33-20-3-2-4-21(18-20)36-13-11-35(12-14-36)15-16-38/h2-10,17-18,38H,11-16H2,1H3,(H,31,33,34). The van der Waals surface area contributed by atoms with Crippen molar-refractivity contribution in [3.05, 3.63) is 82.4 Å². The number of rotatable bonds is 8. The van der Waals surface area contributed by atoms with Gasteiger partial charge in [0.2, 0.25) is 5.95 Å². The molecule has 210 valence electrons. The number of benzene rings is 2. The van der Waals surface area contributed by atoms with Crippen molar-refractivity contribution in [3.8, 4) is 27.6 Å². The number of hydrogen-bond donors (Lipinski definition) is 2. The summed E-state index contributed by atoms with van der Waals surface area (Å²) in [5, 5.41) is 13.0. The van der Waals surface area contributed by atoms with Crippen molar-refractivity contribution in [2.24, 2.45) is 0 Å². The van der Waals surface area contributed by atoms with Gasteiger partial charge in [0, 0.05) is 68.1 Å². The number of hydrogen-bond acceptors (Lipinski definition) is 10. The monoisotopic (exact) mass is 589 g/mol. The predicted octanol–water partition coefficient (Wildman–Crippen LogP) is 4.40. The van der Waals surface area contributed by atoms with Gasteiger partial charge in [0.15, 0.2) is 4.96 Å². The quantitative estimate of drug-likeness (QED) is 0.272. The fourth-order valence-electron chi connectivity index (χ4n) is 4.98. The Morgan fingerprint density at radius 2 is 1.88 bits per heavy atom. The summed E-state index contributed by atoms with van der Waals surface area (Å²) in [6, 6.07) is 16.8. The third kappa shape index (κ3) is 5.62. The lowest BCUT2D eigenvalue weighted by atomic mass is 10.1. The number of aliphatic hydroxyl groups is 1. The highest BCUT2D eigenvalue weighted by Gasteiger charge is 2.21. The maximum Gasteiger partial charge on any atom is 0.258 e. The molecule has 0 amide bonds. The van der Waals surface area contributed by atoms with Crippen LogP contribution in [0.5, 0.6) is 5.75 Å². The smallest absolute Gasteiger partial charge is 0.258 e. The molecular weight excluding hydrogens is 562 g/mol. The Balaban J connectivity index is 1.32. The molecule has 0 spiro atoms. The van der Waals surface area contributed by atoms with Gasteiger partial charge >= 0.3 is 0 Å². The minimum atomic E-state index is -0.194. The largest absolute Gasteiger partial charge is 0.495 e. The highest BCUT2D eigenvalue weighted by molar-refractivity contribution is 7.20. The molecule has 41 heavy (non-hydrogen) atoms. The molecule has 2 N–H and O–H groups in total. The van der Waals surface area contributed by atoms with Crippen LogP contribution in [0.2, 0.25) is 5.02 Å². The minimum Gasteiger partial charge on any atom is -0.495 e. The molecule has 12 heteroatoms. The SMILES string of the molecule is COc1ccc(-c2c(-c3ccnc(Nc4cccc(N5CCN(CCO)CC5)c4)n3)sc3nccc(=O)n23)cc1Cl. The van der Waals surface area contributed by atoms with Crippen LogP contribution in [0.15, 0.2) is 71.8 Å². The number of fused-ring (bicyclic) bond motifs is 1. The van der Waals surface area contributed by atoms with Crippen molar-refractivity contribution < 1.29 is 9.84 Å². The van der Waals surface area contributed by atoms with Crippen LogP contribution in [0.3, 0.4) is 0 Å². The van der Waals surface area contributed by atoms with E-state index < -0.39 is 0 Å². The molecule has 0 unspecified atom stereocenters. The number of aliphatic hydroxyl groups excluding tert-OH is 1. The zero-order valence-corrected chi connectivity index (χ0v) is 23.9. The number of thiazole rings is 1. The van der Waals surface area contributed by atoms with E-state index in [1.54, 1.807) is 29.8 Å². The van der Waals surface area contributed by atoms with Gasteiger partial charge in [-0.2, -0.15) is 0 Å². The van der Waals surface area contributed by atoms with Crippen molar-refractivity contribution >= 4 is 45.2 Å². The van der Waals surface area contributed by atoms with Crippen LogP contribution in [0.25, 0.3) is 26.8 Å². The molecule has 5 aromatic rings. The van der Waals surface area contributed by atoms with Crippen molar-refractivity contribution in [1.29, 1.82) is 0 Å². The number of nitrogens with one attached hydrogen (secondary N) is 1. The van der Waals surface area contributed by atoms with E-state index in [9.17, 15) is 9.90 Å². The maximum absolute atomic E-state index is 13.0. The molecule has 1 saturated heterocycles. The minimum absolute atomic E-state index is 0.183. The van der Waals surface area contributed by atoms with Crippen molar-refractivity contribution in [3.63, 3.8) is 0 Å². The van der Waals surface area contributed by atoms with Crippen LogP contribution in [0.4, 0.5) is 17.3 Å². The van der Waals surface area contributed by atoms with E-state index in [2.05, 4.69) is 37.2 Å². The van der Waals surface area contributed by atoms with Gasteiger partial charge in [0.1, 0.15) is 5.75 Å². The molecule has 1 aliphatic heterocycles. The van der Waals surface area contributed by atoms with Gasteiger partial charge in [0.05, 0.1) is 35.0 Å². The Morgan fingerprint density at radius 3 is 2.66 bits per heavy atom. The Kier molecular flexibility index (Phi) is 7.84. The Hall–Kier alpha value is -4.03. The van der Waals surface area contributed by atoms with Crippen LogP contribution >= 0.6 is 22.9 Å². The molecule has 1 fully saturated rings. The number of methoxy groups -OCH3 is 1. The molecule has 0 bridgehead atoms. The van der Waals surface area contributed by atoms with Crippen LogP contribution in [-0.4, -0.2) is 75.8 Å². The van der Waals surface area contributed by atoms with E-state index in [-0.39, 0.29) is 12.2 Å². The average Bonchev–Trinajstić information content (AvgIpc) is 3.39. The lowest BCUT2D eigenvalue weighted by Gasteiger charge is -2.35. The van der Waals surface area contributed by atoms with Crippen molar-refractivity contribution in [2.75, 3.05) is 56.7 Å². The molecule has 1 aliphatic rings. The fourth-order valence-corrected chi connectivity index (χ4v) is 6.33. The first kappa shape index (κ1) is 27.2. The first-order valence-electron chi connectivity index (χ1n) is 13.2. The summed E-state index contributed by atoms with van der Waals surface area (Å²) < 4.78 is 6.90. The van der Waals surface area contributed by atoms with Crippen molar-refractivity contribution in [2.45, 2.75) is 0 Å². The summed E-state index contributed by atoms with van der Waals surface area (Å²) in [6.07, 6.45) is 3.20.